The third-order valence-electron chi connectivity index (χ3n) is 4.38. The lowest BCUT2D eigenvalue weighted by Gasteiger charge is -2.36. The minimum atomic E-state index is 0.217. The van der Waals surface area contributed by atoms with E-state index < -0.39 is 0 Å². The van der Waals surface area contributed by atoms with Crippen LogP contribution in [0.2, 0.25) is 0 Å². The summed E-state index contributed by atoms with van der Waals surface area (Å²) in [7, 11) is 2.02. The lowest BCUT2D eigenvalue weighted by molar-refractivity contribution is -0.0444. The molecule has 1 aromatic rings. The Hall–Kier alpha value is -1.10. The first-order valence-electron chi connectivity index (χ1n) is 7.58. The van der Waals surface area contributed by atoms with Gasteiger partial charge in [-0.25, -0.2) is 0 Å². The van der Waals surface area contributed by atoms with Crippen LogP contribution in [0.3, 0.4) is 0 Å². The van der Waals surface area contributed by atoms with Crippen molar-refractivity contribution in [3.05, 3.63) is 29.3 Å². The molecule has 0 amide bonds. The van der Waals surface area contributed by atoms with Crippen LogP contribution in [0.5, 0.6) is 5.75 Å². The van der Waals surface area contributed by atoms with Crippen LogP contribution in [-0.2, 0) is 11.2 Å². The van der Waals surface area contributed by atoms with Gasteiger partial charge in [-0.2, -0.15) is 0 Å². The maximum atomic E-state index is 6.00. The van der Waals surface area contributed by atoms with Crippen LogP contribution in [-0.4, -0.2) is 50.9 Å². The second-order valence-corrected chi connectivity index (χ2v) is 5.53. The Kier molecular flexibility index (Phi) is 4.24. The number of nitrogens with zero attached hydrogens (tertiary/aromatic N) is 1. The van der Waals surface area contributed by atoms with Gasteiger partial charge < -0.3 is 14.8 Å². The van der Waals surface area contributed by atoms with Crippen molar-refractivity contribution in [2.24, 2.45) is 0 Å². The lowest BCUT2D eigenvalue weighted by atomic mass is 9.97. The number of rotatable bonds is 4. The van der Waals surface area contributed by atoms with E-state index in [1.807, 2.05) is 7.05 Å². The fraction of sp³-hybridized carbons (Fsp3) is 0.625. The van der Waals surface area contributed by atoms with Crippen LogP contribution in [0.4, 0.5) is 0 Å². The fourth-order valence-corrected chi connectivity index (χ4v) is 3.19. The number of hydrogen-bond acceptors (Lipinski definition) is 4. The summed E-state index contributed by atoms with van der Waals surface area (Å²) in [5, 5.41) is 3.43. The van der Waals surface area contributed by atoms with Gasteiger partial charge in [-0.15, -0.1) is 0 Å². The summed E-state index contributed by atoms with van der Waals surface area (Å²) in [5.74, 6) is 1.04. The van der Waals surface area contributed by atoms with E-state index in [0.29, 0.717) is 0 Å². The summed E-state index contributed by atoms with van der Waals surface area (Å²) in [5.41, 5.74) is 2.63. The van der Waals surface area contributed by atoms with Crippen LogP contribution in [0.15, 0.2) is 18.2 Å². The van der Waals surface area contributed by atoms with Crippen LogP contribution < -0.4 is 10.1 Å². The van der Waals surface area contributed by atoms with E-state index in [1.54, 1.807) is 0 Å². The number of nitrogens with one attached hydrogen (secondary N) is 1. The van der Waals surface area contributed by atoms with E-state index in [-0.39, 0.29) is 12.1 Å². The second-order valence-electron chi connectivity index (χ2n) is 5.53. The van der Waals surface area contributed by atoms with Crippen molar-refractivity contribution in [2.45, 2.75) is 25.5 Å². The summed E-state index contributed by atoms with van der Waals surface area (Å²) in [4.78, 5) is 2.45. The fourth-order valence-electron chi connectivity index (χ4n) is 3.19. The molecule has 0 aliphatic carbocycles. The van der Waals surface area contributed by atoms with Gasteiger partial charge in [-0.05, 0) is 30.8 Å². The third-order valence-corrected chi connectivity index (χ3v) is 4.38. The molecule has 1 N–H and O–H groups in total. The van der Waals surface area contributed by atoms with Crippen LogP contribution in [0.1, 0.15) is 24.1 Å². The number of morpholine rings is 1. The van der Waals surface area contributed by atoms with E-state index in [9.17, 15) is 0 Å². The first-order valence-corrected chi connectivity index (χ1v) is 7.58. The lowest BCUT2D eigenvalue weighted by Crippen LogP contribution is -2.47. The predicted molar refractivity (Wildman–Crippen MR) is 79.3 cm³/mol. The number of ether oxygens (including phenoxy) is 2. The van der Waals surface area contributed by atoms with Crippen molar-refractivity contribution in [2.75, 3.05) is 39.9 Å². The molecule has 0 saturated carbocycles. The summed E-state index contributed by atoms with van der Waals surface area (Å²) >= 11 is 0. The molecule has 2 atom stereocenters. The molecule has 4 heteroatoms. The summed E-state index contributed by atoms with van der Waals surface area (Å²) in [6, 6.07) is 6.79. The van der Waals surface area contributed by atoms with Crippen LogP contribution in [0.25, 0.3) is 0 Å². The molecule has 1 saturated heterocycles. The summed E-state index contributed by atoms with van der Waals surface area (Å²) < 4.78 is 11.6. The average molecular weight is 276 g/mol. The molecule has 0 bridgehead atoms. The number of fused-ring (bicyclic) bond motifs is 1. The van der Waals surface area contributed by atoms with E-state index >= 15 is 0 Å². The van der Waals surface area contributed by atoms with Crippen molar-refractivity contribution >= 4 is 0 Å². The summed E-state index contributed by atoms with van der Waals surface area (Å²) in [6.07, 6.45) is 1.24. The Morgan fingerprint density at radius 1 is 1.40 bits per heavy atom. The molecule has 1 aromatic carbocycles. The van der Waals surface area contributed by atoms with Crippen LogP contribution in [0, 0.1) is 0 Å². The smallest absolute Gasteiger partial charge is 0.122 e. The molecule has 2 aliphatic rings. The van der Waals surface area contributed by atoms with E-state index in [4.69, 9.17) is 9.47 Å². The van der Waals surface area contributed by atoms with Gasteiger partial charge in [0.1, 0.15) is 5.75 Å². The first kappa shape index (κ1) is 13.9. The average Bonchev–Trinajstić information content (AvgIpc) is 2.96. The quantitative estimate of drug-likeness (QED) is 0.906. The molecular weight excluding hydrogens is 252 g/mol. The Morgan fingerprint density at radius 3 is 3.10 bits per heavy atom. The highest BCUT2D eigenvalue weighted by Crippen LogP contribution is 2.30. The molecular formula is C16H24N2O2. The molecule has 20 heavy (non-hydrogen) atoms. The zero-order valence-corrected chi connectivity index (χ0v) is 12.4. The molecule has 2 heterocycles. The maximum Gasteiger partial charge on any atom is 0.122 e. The highest BCUT2D eigenvalue weighted by Gasteiger charge is 2.28. The Balaban J connectivity index is 1.78. The van der Waals surface area contributed by atoms with E-state index in [1.165, 1.54) is 11.1 Å². The van der Waals surface area contributed by atoms with Gasteiger partial charge in [-0.1, -0.05) is 19.1 Å². The van der Waals surface area contributed by atoms with Crippen molar-refractivity contribution in [3.63, 3.8) is 0 Å². The highest BCUT2D eigenvalue weighted by molar-refractivity contribution is 5.41. The number of likely N-dealkylation sites (N-methyl/N-ethyl adjacent to an activating group) is 2. The van der Waals surface area contributed by atoms with E-state index in [0.717, 1.165) is 45.0 Å². The minimum Gasteiger partial charge on any atom is -0.493 e. The molecule has 0 spiro atoms. The molecule has 0 radical (unpaired) electrons. The number of hydrogen-bond donors (Lipinski definition) is 1. The topological polar surface area (TPSA) is 33.7 Å². The van der Waals surface area contributed by atoms with Crippen molar-refractivity contribution < 1.29 is 9.47 Å². The molecule has 3 rings (SSSR count). The molecule has 2 aliphatic heterocycles. The van der Waals surface area contributed by atoms with Gasteiger partial charge in [-0.3, -0.25) is 4.90 Å². The van der Waals surface area contributed by atoms with Gasteiger partial charge >= 0.3 is 0 Å². The third kappa shape index (κ3) is 2.68. The first-order chi connectivity index (χ1) is 9.81. The zero-order chi connectivity index (χ0) is 13.9. The molecule has 1 fully saturated rings. The van der Waals surface area contributed by atoms with Crippen molar-refractivity contribution in [3.8, 4) is 5.75 Å². The number of benzene rings is 1. The van der Waals surface area contributed by atoms with Gasteiger partial charge in [0.15, 0.2) is 0 Å². The minimum absolute atomic E-state index is 0.217. The molecule has 2 unspecified atom stereocenters. The Labute approximate surface area is 121 Å². The SMILES string of the molecule is CCN1CCOC(C(NC)c2ccc3c(c2)CCO3)C1. The van der Waals surface area contributed by atoms with E-state index in [2.05, 4.69) is 35.3 Å². The maximum absolute atomic E-state index is 6.00. The Bertz CT molecular complexity index is 464. The standard InChI is InChI=1S/C16H24N2O2/c1-3-18-7-9-20-15(11-18)16(17-2)13-4-5-14-12(10-13)6-8-19-14/h4-5,10,15-17H,3,6-9,11H2,1-2H3. The van der Waals surface area contributed by atoms with Crippen LogP contribution >= 0.6 is 0 Å². The van der Waals surface area contributed by atoms with Gasteiger partial charge in [0.2, 0.25) is 0 Å². The highest BCUT2D eigenvalue weighted by atomic mass is 16.5. The zero-order valence-electron chi connectivity index (χ0n) is 12.4. The van der Waals surface area contributed by atoms with Crippen molar-refractivity contribution in [1.29, 1.82) is 0 Å². The van der Waals surface area contributed by atoms with Gasteiger partial charge in [0.05, 0.1) is 25.4 Å². The second kappa shape index (κ2) is 6.12. The Morgan fingerprint density at radius 2 is 2.30 bits per heavy atom. The predicted octanol–water partition coefficient (Wildman–Crippen LogP) is 1.60. The molecule has 0 aromatic heterocycles. The van der Waals surface area contributed by atoms with Crippen molar-refractivity contribution in [1.82, 2.24) is 10.2 Å². The van der Waals surface area contributed by atoms with Gasteiger partial charge in [0, 0.05) is 19.5 Å². The van der Waals surface area contributed by atoms with Gasteiger partial charge in [0.25, 0.3) is 0 Å². The molecule has 110 valence electrons. The largest absolute Gasteiger partial charge is 0.493 e. The monoisotopic (exact) mass is 276 g/mol. The summed E-state index contributed by atoms with van der Waals surface area (Å²) in [6.45, 7) is 6.98. The molecule has 4 nitrogen and oxygen atoms in total. The normalized spacial score (nSPS) is 24.2.